The number of methoxy groups -OCH3 is 3. The number of halogens is 10. The van der Waals surface area contributed by atoms with Gasteiger partial charge in [-0.1, -0.05) is 221 Å². The van der Waals surface area contributed by atoms with E-state index in [0.29, 0.717) is 103 Å². The monoisotopic (exact) mass is 1900 g/mol. The fraction of sp³-hybridized carbons (Fsp3) is 0.253. The molecule has 6 N–H and O–H groups in total. The van der Waals surface area contributed by atoms with Gasteiger partial charge in [-0.05, 0) is 134 Å². The Balaban J connectivity index is 0.000000235. The van der Waals surface area contributed by atoms with Gasteiger partial charge in [0.1, 0.15) is 22.6 Å². The third-order valence-electron chi connectivity index (χ3n) is 17.8. The molecule has 0 aliphatic carbocycles. The van der Waals surface area contributed by atoms with Crippen LogP contribution in [-0.4, -0.2) is 109 Å². The van der Waals surface area contributed by atoms with Gasteiger partial charge in [-0.3, -0.25) is 0 Å². The predicted octanol–water partition coefficient (Wildman–Crippen LogP) is 22.7. The van der Waals surface area contributed by atoms with E-state index in [0.717, 1.165) is 82.4 Å². The lowest BCUT2D eigenvalue weighted by atomic mass is 9.78. The lowest BCUT2D eigenvalue weighted by Crippen LogP contribution is -2.31. The summed E-state index contributed by atoms with van der Waals surface area (Å²) >= 11 is 49.0. The molecule has 0 fully saturated rings. The highest BCUT2D eigenvalue weighted by atomic mass is 79.9. The summed E-state index contributed by atoms with van der Waals surface area (Å²) in [6.45, 7) is 45.8. The first-order valence-corrected chi connectivity index (χ1v) is 40.8. The lowest BCUT2D eigenvalue weighted by molar-refractivity contribution is 0.380. The zero-order valence-corrected chi connectivity index (χ0v) is 76.5. The van der Waals surface area contributed by atoms with E-state index in [9.17, 15) is 0 Å². The number of hydrogen-bond acceptors (Lipinski definition) is 17. The second-order valence-electron chi connectivity index (χ2n) is 28.0. The van der Waals surface area contributed by atoms with E-state index in [1.807, 2.05) is 187 Å². The fourth-order valence-corrected chi connectivity index (χ4v) is 13.3. The molecular weight excluding hydrogens is 1820 g/mol. The molecule has 12 aromatic rings. The first-order valence-electron chi connectivity index (χ1n) is 36.5. The number of tetrazole rings is 1. The number of benzene rings is 8. The molecule has 0 radical (unpaired) electrons. The molecule has 120 heavy (non-hydrogen) atoms. The number of ether oxygens (including phenoxy) is 3. The lowest BCUT2D eigenvalue weighted by Gasteiger charge is -2.21. The van der Waals surface area contributed by atoms with E-state index < -0.39 is 29.2 Å². The molecule has 12 rings (SSSR count). The van der Waals surface area contributed by atoms with Crippen LogP contribution in [0.15, 0.2) is 203 Å². The second kappa shape index (κ2) is 47.9. The van der Waals surface area contributed by atoms with Crippen LogP contribution < -0.4 is 35.6 Å². The molecular formula is C87H86BBr2Cl8N17O5. The Hall–Kier alpha value is -9.91. The van der Waals surface area contributed by atoms with Crippen molar-refractivity contribution in [2.24, 2.45) is 0 Å². The summed E-state index contributed by atoms with van der Waals surface area (Å²) in [5, 5.41) is 46.4. The van der Waals surface area contributed by atoms with Crippen molar-refractivity contribution in [1.29, 1.82) is 0 Å². The minimum absolute atomic E-state index is 0. The van der Waals surface area contributed by atoms with Gasteiger partial charge >= 0.3 is 25.1 Å². The van der Waals surface area contributed by atoms with Crippen molar-refractivity contribution >= 4 is 156 Å². The molecule has 0 saturated carbocycles. The smallest absolute Gasteiger partial charge is 0.467 e. The van der Waals surface area contributed by atoms with Crippen LogP contribution in [0.2, 0.25) is 35.3 Å². The number of anilines is 3. The van der Waals surface area contributed by atoms with Gasteiger partial charge in [0.2, 0.25) is 6.54 Å². The first-order chi connectivity index (χ1) is 56.6. The summed E-state index contributed by atoms with van der Waals surface area (Å²) < 4.78 is 17.6. The van der Waals surface area contributed by atoms with E-state index in [1.165, 1.54) is 14.2 Å². The van der Waals surface area contributed by atoms with Crippen LogP contribution in [0.1, 0.15) is 106 Å². The number of H-pyrrole nitrogens is 1. The number of hydrogen-bond donors (Lipinski definition) is 6. The van der Waals surface area contributed by atoms with Gasteiger partial charge in [-0.25, -0.2) is 26.3 Å². The number of aromatic amines is 1. The SMILES string of the molecule is COc1nc(Cl)cc(NCCc2ccc(Cl)cc2Cl)n1.COc1nc(NCCc2ccc(Cl)cc2Cl)cc(-c2cccc(C(C)(C)c3nn[nH]n3)c2)n1.Cl.[C-]#[N+]C(C)(C)c1cccc(-c2cc(NCCc3ccc(Cl)cc3Cl)nc(OC)n2)c1.[C-]#[N+]C(C)(C)c1cccc(B(O)O)c1.[C-]#[N+]C(C)(C)c1cccc(Br)c1.[C-]#[N+]Cc1cccc(Br)c1. The summed E-state index contributed by atoms with van der Waals surface area (Å²) in [7, 11) is 3.10. The van der Waals surface area contributed by atoms with Crippen molar-refractivity contribution in [2.75, 3.05) is 56.9 Å². The standard InChI is InChI=1S/C23H23Cl2N7O.C23H22Cl2N4O.C13H12Cl3N3O.C10H12BNO2.C10H10BrN.C8H6BrN.ClH/c1-23(2,21-29-31-32-30-21)16-6-4-5-15(11-16)19-13-20(28-22(27-19)33-3)26-10-9-14-7-8-17(24)12-18(14)25;1-23(2,26-3)17-7-5-6-16(12-17)20-14-21(29-22(28-20)30-4)27-11-10-15-8-9-18(24)13-19(15)25;1-20-13-18-11(16)7-12(19-13)17-5-4-8-2-3-9(14)6-10(8)15;1-10(2,12-3)8-5-4-6-9(7-8)11(13)14;1-10(2,12-3)8-5-4-6-9(11)7-8;1-10-6-7-3-2-4-8(9)5-7;/h4-8,11-13H,9-10H2,1-3H3,(H,26,27,28)(H,29,30,31,32);5-9,12-14H,10-11H2,1-2,4H3,(H,27,28,29);2-3,6-7H,4-5H2,1H3,(H,17,18,19);4-7,13-14H,1-2H3;4-7H,1-2H3;2-5H,6H2;1H. The Bertz CT molecular complexity index is 5560. The zero-order valence-electron chi connectivity index (χ0n) is 67.2. The third kappa shape index (κ3) is 31.0. The van der Waals surface area contributed by atoms with Gasteiger partial charge in [0, 0.05) is 152 Å². The molecule has 0 spiro atoms. The van der Waals surface area contributed by atoms with E-state index >= 15 is 0 Å². The molecule has 0 saturated heterocycles. The van der Waals surface area contributed by atoms with E-state index in [4.69, 9.17) is 132 Å². The largest absolute Gasteiger partial charge is 0.488 e. The molecule has 0 atom stereocenters. The summed E-state index contributed by atoms with van der Waals surface area (Å²) in [5.74, 6) is 2.52. The number of nitrogens with one attached hydrogen (secondary N) is 4. The molecule has 22 nitrogen and oxygen atoms in total. The van der Waals surface area contributed by atoms with Gasteiger partial charge in [0.05, 0.1) is 38.1 Å². The highest BCUT2D eigenvalue weighted by Gasteiger charge is 2.31. The van der Waals surface area contributed by atoms with Gasteiger partial charge < -0.3 is 59.6 Å². The first kappa shape index (κ1) is 98.9. The van der Waals surface area contributed by atoms with Crippen molar-refractivity contribution in [2.45, 2.75) is 103 Å². The number of rotatable bonds is 24. The summed E-state index contributed by atoms with van der Waals surface area (Å²) in [5.41, 5.74) is 9.50. The average molecular weight is 1900 g/mol. The molecule has 0 unspecified atom stereocenters. The Morgan fingerprint density at radius 2 is 0.825 bits per heavy atom. The molecule has 4 heterocycles. The van der Waals surface area contributed by atoms with Crippen LogP contribution in [0, 0.1) is 26.3 Å². The quantitative estimate of drug-likeness (QED) is 0.0187. The van der Waals surface area contributed by atoms with E-state index in [2.05, 4.69) is 124 Å². The van der Waals surface area contributed by atoms with Gasteiger partial charge in [0.15, 0.2) is 5.82 Å². The van der Waals surface area contributed by atoms with E-state index in [-0.39, 0.29) is 30.4 Å². The van der Waals surface area contributed by atoms with Crippen molar-refractivity contribution in [3.8, 4) is 40.5 Å². The molecule has 8 aromatic carbocycles. The second-order valence-corrected chi connectivity index (χ2v) is 32.8. The van der Waals surface area contributed by atoms with Crippen LogP contribution in [-0.2, 0) is 47.8 Å². The highest BCUT2D eigenvalue weighted by molar-refractivity contribution is 9.10. The van der Waals surface area contributed by atoms with Gasteiger partial charge in [0.25, 0.3) is 16.6 Å². The van der Waals surface area contributed by atoms with Crippen LogP contribution in [0.4, 0.5) is 17.5 Å². The maximum Gasteiger partial charge on any atom is 0.488 e. The number of aromatic nitrogens is 10. The summed E-state index contributed by atoms with van der Waals surface area (Å²) in [4.78, 5) is 39.9. The minimum Gasteiger partial charge on any atom is -0.467 e. The Labute approximate surface area is 759 Å². The fourth-order valence-electron chi connectivity index (χ4n) is 10.8. The highest BCUT2D eigenvalue weighted by Crippen LogP contribution is 2.35. The molecule has 0 aliphatic rings. The van der Waals surface area contributed by atoms with Crippen LogP contribution in [0.5, 0.6) is 18.0 Å². The molecule has 622 valence electrons. The predicted molar refractivity (Wildman–Crippen MR) is 495 cm³/mol. The Morgan fingerprint density at radius 3 is 1.22 bits per heavy atom. The van der Waals surface area contributed by atoms with Crippen LogP contribution >= 0.6 is 125 Å². The van der Waals surface area contributed by atoms with E-state index in [1.54, 1.807) is 63.4 Å². The topological polar surface area (TPSA) is 253 Å². The van der Waals surface area contributed by atoms with Gasteiger partial charge in [-0.15, -0.1) is 22.6 Å². The molecule has 0 amide bonds. The van der Waals surface area contributed by atoms with Crippen LogP contribution in [0.25, 0.3) is 41.9 Å². The third-order valence-corrected chi connectivity index (χ3v) is 20.8. The molecule has 0 bridgehead atoms. The van der Waals surface area contributed by atoms with Crippen LogP contribution in [0.3, 0.4) is 0 Å². The maximum atomic E-state index is 8.96. The van der Waals surface area contributed by atoms with Gasteiger partial charge in [-0.2, -0.15) is 35.1 Å². The number of nitrogens with zero attached hydrogens (tertiary/aromatic N) is 13. The maximum absolute atomic E-state index is 8.96. The molecule has 4 aromatic heterocycles. The van der Waals surface area contributed by atoms with Crippen molar-refractivity contribution in [1.82, 2.24) is 50.5 Å². The summed E-state index contributed by atoms with van der Waals surface area (Å²) in [6, 6.07) is 61.0. The minimum atomic E-state index is -1.48. The van der Waals surface area contributed by atoms with Crippen molar-refractivity contribution < 1.29 is 24.3 Å². The Morgan fingerprint density at radius 1 is 0.442 bits per heavy atom. The Kier molecular flexibility index (Phi) is 39.5. The molecule has 0 aliphatic heterocycles. The normalized spacial score (nSPS) is 10.7. The molecule has 33 heteroatoms. The van der Waals surface area contributed by atoms with Crippen molar-refractivity contribution in [3.63, 3.8) is 0 Å². The summed E-state index contributed by atoms with van der Waals surface area (Å²) in [6.07, 6.45) is 2.16. The average Bonchev–Trinajstić information content (AvgIpc) is 1.38. The zero-order chi connectivity index (χ0) is 87.0. The van der Waals surface area contributed by atoms with Crippen molar-refractivity contribution in [3.05, 3.63) is 334 Å².